The standard InChI is InChI=1S/C19H15ClN4O3.C2H4O2/c1-10-11(2)23-16-8-7-12(24(26)27)9-14(16)17(22-19(25)18(23)21-10)13-5-3-4-6-15(13)20;1-2(3)4/h3-9,19,25H,1-2H3;1H3,(H,3,4). The lowest BCUT2D eigenvalue weighted by Crippen LogP contribution is -2.09. The first-order valence-electron chi connectivity index (χ1n) is 9.17. The first kappa shape index (κ1) is 22.1. The van der Waals surface area contributed by atoms with Crippen molar-refractivity contribution in [2.45, 2.75) is 27.0 Å². The predicted octanol–water partition coefficient (Wildman–Crippen LogP) is 3.98. The van der Waals surface area contributed by atoms with E-state index in [1.54, 1.807) is 34.9 Å². The second-order valence-electron chi connectivity index (χ2n) is 6.79. The van der Waals surface area contributed by atoms with Crippen molar-refractivity contribution in [3.63, 3.8) is 0 Å². The van der Waals surface area contributed by atoms with Gasteiger partial charge in [0.25, 0.3) is 11.7 Å². The van der Waals surface area contributed by atoms with Crippen LogP contribution in [0.2, 0.25) is 5.02 Å². The van der Waals surface area contributed by atoms with Crippen LogP contribution in [0, 0.1) is 24.0 Å². The SMILES string of the molecule is CC(=O)O.Cc1nc2n(c1C)-c1ccc([N+](=O)[O-])cc1C(c1ccccc1Cl)=NC2O. The van der Waals surface area contributed by atoms with Gasteiger partial charge in [0, 0.05) is 40.9 Å². The summed E-state index contributed by atoms with van der Waals surface area (Å²) in [6.07, 6.45) is -1.23. The zero-order valence-electron chi connectivity index (χ0n) is 16.9. The van der Waals surface area contributed by atoms with Crippen LogP contribution in [0.15, 0.2) is 47.5 Å². The largest absolute Gasteiger partial charge is 0.481 e. The Hall–Kier alpha value is -3.56. The average Bonchev–Trinajstić information content (AvgIpc) is 2.94. The van der Waals surface area contributed by atoms with Crippen LogP contribution >= 0.6 is 11.6 Å². The number of aryl methyl sites for hydroxylation is 1. The lowest BCUT2D eigenvalue weighted by atomic mass is 9.99. The van der Waals surface area contributed by atoms with Gasteiger partial charge in [0.2, 0.25) is 6.23 Å². The van der Waals surface area contributed by atoms with Crippen molar-refractivity contribution in [1.82, 2.24) is 9.55 Å². The molecule has 9 nitrogen and oxygen atoms in total. The number of carboxylic acids is 1. The van der Waals surface area contributed by atoms with Crippen molar-refractivity contribution in [3.05, 3.63) is 85.9 Å². The number of aliphatic hydroxyl groups is 1. The monoisotopic (exact) mass is 442 g/mol. The number of fused-ring (bicyclic) bond motifs is 3. The Bertz CT molecular complexity index is 1210. The van der Waals surface area contributed by atoms with E-state index >= 15 is 0 Å². The van der Waals surface area contributed by atoms with Crippen molar-refractivity contribution in [3.8, 4) is 5.69 Å². The molecule has 0 spiro atoms. The molecule has 1 atom stereocenters. The van der Waals surface area contributed by atoms with Gasteiger partial charge in [-0.25, -0.2) is 9.98 Å². The van der Waals surface area contributed by atoms with Crippen molar-refractivity contribution >= 4 is 29.0 Å². The number of aliphatic carboxylic acids is 1. The number of hydrogen-bond donors (Lipinski definition) is 2. The highest BCUT2D eigenvalue weighted by Gasteiger charge is 2.29. The highest BCUT2D eigenvalue weighted by Crippen LogP contribution is 2.34. The van der Waals surface area contributed by atoms with Gasteiger partial charge in [-0.3, -0.25) is 19.5 Å². The summed E-state index contributed by atoms with van der Waals surface area (Å²) < 4.78 is 1.78. The fourth-order valence-corrected chi connectivity index (χ4v) is 3.48. The molecule has 4 rings (SSSR count). The highest BCUT2D eigenvalue weighted by atomic mass is 35.5. The second-order valence-corrected chi connectivity index (χ2v) is 7.19. The van der Waals surface area contributed by atoms with Crippen molar-refractivity contribution < 1.29 is 19.9 Å². The van der Waals surface area contributed by atoms with Gasteiger partial charge >= 0.3 is 0 Å². The number of halogens is 1. The molecule has 1 aliphatic rings. The third-order valence-corrected chi connectivity index (χ3v) is 5.00. The summed E-state index contributed by atoms with van der Waals surface area (Å²) in [7, 11) is 0. The third kappa shape index (κ3) is 4.32. The highest BCUT2D eigenvalue weighted by molar-refractivity contribution is 6.35. The van der Waals surface area contributed by atoms with Crippen molar-refractivity contribution in [1.29, 1.82) is 0 Å². The Balaban J connectivity index is 0.000000628. The Morgan fingerprint density at radius 3 is 2.45 bits per heavy atom. The zero-order valence-corrected chi connectivity index (χ0v) is 17.7. The van der Waals surface area contributed by atoms with Crippen LogP contribution in [0.4, 0.5) is 5.69 Å². The van der Waals surface area contributed by atoms with E-state index < -0.39 is 17.1 Å². The van der Waals surface area contributed by atoms with Crippen LogP contribution in [0.3, 0.4) is 0 Å². The summed E-state index contributed by atoms with van der Waals surface area (Å²) in [4.78, 5) is 28.7. The summed E-state index contributed by atoms with van der Waals surface area (Å²) in [6, 6.07) is 11.6. The van der Waals surface area contributed by atoms with Crippen LogP contribution in [0.5, 0.6) is 0 Å². The molecule has 1 aromatic heterocycles. The van der Waals surface area contributed by atoms with E-state index in [-0.39, 0.29) is 5.69 Å². The number of imidazole rings is 1. The zero-order chi connectivity index (χ0) is 22.9. The molecule has 0 saturated carbocycles. The van der Waals surface area contributed by atoms with Gasteiger partial charge in [0.1, 0.15) is 0 Å². The number of nitro benzene ring substituents is 1. The van der Waals surface area contributed by atoms with Gasteiger partial charge < -0.3 is 10.2 Å². The predicted molar refractivity (Wildman–Crippen MR) is 115 cm³/mol. The Kier molecular flexibility index (Phi) is 6.19. The first-order chi connectivity index (χ1) is 14.6. The van der Waals surface area contributed by atoms with Gasteiger partial charge in [-0.05, 0) is 26.0 Å². The maximum Gasteiger partial charge on any atom is 0.300 e. The van der Waals surface area contributed by atoms with Gasteiger partial charge in [0.15, 0.2) is 5.82 Å². The number of aliphatic imine (C=N–C) groups is 1. The molecule has 0 saturated heterocycles. The van der Waals surface area contributed by atoms with E-state index in [4.69, 9.17) is 21.5 Å². The summed E-state index contributed by atoms with van der Waals surface area (Å²) in [5, 5.41) is 29.9. The fourth-order valence-electron chi connectivity index (χ4n) is 3.25. The summed E-state index contributed by atoms with van der Waals surface area (Å²) in [5.74, 6) is -0.470. The normalized spacial score (nSPS) is 14.4. The van der Waals surface area contributed by atoms with E-state index in [0.717, 1.165) is 18.3 Å². The van der Waals surface area contributed by atoms with E-state index in [9.17, 15) is 15.2 Å². The number of carbonyl (C=O) groups is 1. The minimum atomic E-state index is -1.23. The molecule has 2 N–H and O–H groups in total. The number of nitro groups is 1. The number of rotatable bonds is 2. The molecular weight excluding hydrogens is 424 g/mol. The van der Waals surface area contributed by atoms with Gasteiger partial charge in [-0.2, -0.15) is 0 Å². The topological polar surface area (TPSA) is 131 Å². The lowest BCUT2D eigenvalue weighted by Gasteiger charge is -2.13. The van der Waals surface area contributed by atoms with E-state index in [1.807, 2.05) is 13.8 Å². The van der Waals surface area contributed by atoms with Crippen LogP contribution < -0.4 is 0 Å². The van der Waals surface area contributed by atoms with E-state index in [1.165, 1.54) is 12.1 Å². The Morgan fingerprint density at radius 1 is 1.19 bits per heavy atom. The molecule has 2 heterocycles. The smallest absolute Gasteiger partial charge is 0.300 e. The molecule has 0 aliphatic carbocycles. The number of aliphatic hydroxyl groups excluding tert-OH is 1. The molecule has 3 aromatic rings. The molecular formula is C21H19ClN4O5. The van der Waals surface area contributed by atoms with Crippen LogP contribution in [0.1, 0.15) is 41.5 Å². The molecule has 0 fully saturated rings. The van der Waals surface area contributed by atoms with Gasteiger partial charge in [-0.1, -0.05) is 29.8 Å². The van der Waals surface area contributed by atoms with Crippen molar-refractivity contribution in [2.75, 3.05) is 0 Å². The maximum absolute atomic E-state index is 11.3. The number of non-ortho nitro benzene ring substituents is 1. The molecule has 160 valence electrons. The third-order valence-electron chi connectivity index (χ3n) is 4.67. The minimum absolute atomic E-state index is 0.0686. The number of hydrogen-bond acceptors (Lipinski definition) is 6. The van der Waals surface area contributed by atoms with Crippen LogP contribution in [0.25, 0.3) is 5.69 Å². The summed E-state index contributed by atoms with van der Waals surface area (Å²) in [6.45, 7) is 4.80. The number of benzene rings is 2. The molecule has 31 heavy (non-hydrogen) atoms. The second kappa shape index (κ2) is 8.66. The number of aromatic nitrogens is 2. The quantitative estimate of drug-likeness (QED) is 0.455. The first-order valence-corrected chi connectivity index (χ1v) is 9.55. The summed E-state index contributed by atoms with van der Waals surface area (Å²) >= 11 is 6.35. The summed E-state index contributed by atoms with van der Waals surface area (Å²) in [5.41, 5.74) is 3.65. The lowest BCUT2D eigenvalue weighted by molar-refractivity contribution is -0.384. The molecule has 1 aliphatic heterocycles. The molecule has 10 heteroatoms. The van der Waals surface area contributed by atoms with Gasteiger partial charge in [0.05, 0.1) is 22.0 Å². The molecule has 1 unspecified atom stereocenters. The Labute approximate surface area is 182 Å². The number of carboxylic acid groups (broad SMARTS) is 1. The van der Waals surface area contributed by atoms with E-state index in [0.29, 0.717) is 33.4 Å². The minimum Gasteiger partial charge on any atom is -0.481 e. The Morgan fingerprint density at radius 2 is 1.84 bits per heavy atom. The van der Waals surface area contributed by atoms with Gasteiger partial charge in [-0.15, -0.1) is 0 Å². The number of nitrogens with zero attached hydrogens (tertiary/aromatic N) is 4. The molecule has 0 radical (unpaired) electrons. The maximum atomic E-state index is 11.3. The molecule has 0 amide bonds. The average molecular weight is 443 g/mol. The van der Waals surface area contributed by atoms with Crippen molar-refractivity contribution in [2.24, 2.45) is 4.99 Å². The van der Waals surface area contributed by atoms with Crippen LogP contribution in [-0.4, -0.2) is 36.4 Å². The van der Waals surface area contributed by atoms with Crippen LogP contribution in [-0.2, 0) is 4.79 Å². The molecule has 0 bridgehead atoms. The molecule has 2 aromatic carbocycles. The van der Waals surface area contributed by atoms with E-state index in [2.05, 4.69) is 9.98 Å². The fraction of sp³-hybridized carbons (Fsp3) is 0.190.